The second-order valence-electron chi connectivity index (χ2n) is 16.6. The number of carbonyl (C=O) groups excluding carboxylic acids is 2. The molecule has 2 saturated heterocycles. The third-order valence-corrected chi connectivity index (χ3v) is 14.5. The van der Waals surface area contributed by atoms with Crippen LogP contribution >= 0.6 is 0 Å². The Morgan fingerprint density at radius 2 is 1.58 bits per heavy atom. The van der Waals surface area contributed by atoms with Gasteiger partial charge in [0.1, 0.15) is 11.5 Å². The SMILES string of the molecule is COc1cc2c(cc1CC(C(C)=O)[C@@H]1C[C@H]3c4c(c5ccccc5n4C)C[C@@H]([C@@H]1CO)N3C)c1c(n2C)[C@@H]2C[C@H]3C(C(C)=O)=COC[C@H]3[C@H](C1)N2C. The van der Waals surface area contributed by atoms with Gasteiger partial charge in [0.25, 0.3) is 0 Å². The molecule has 5 aliphatic rings. The molecule has 4 bridgehead atoms. The molecule has 1 unspecified atom stereocenters. The minimum absolute atomic E-state index is 0.0176. The van der Waals surface area contributed by atoms with Gasteiger partial charge in [-0.1, -0.05) is 18.2 Å². The number of hydrogen-bond donors (Lipinski definition) is 1. The molecule has 0 aliphatic carbocycles. The maximum absolute atomic E-state index is 13.8. The number of aryl methyl sites for hydroxylation is 2. The highest BCUT2D eigenvalue weighted by atomic mass is 16.5. The van der Waals surface area contributed by atoms with E-state index in [4.69, 9.17) is 9.47 Å². The lowest BCUT2D eigenvalue weighted by Crippen LogP contribution is -2.56. The summed E-state index contributed by atoms with van der Waals surface area (Å²) in [5.74, 6) is 1.31. The van der Waals surface area contributed by atoms with Crippen LogP contribution in [0.5, 0.6) is 5.75 Å². The third-order valence-electron chi connectivity index (χ3n) is 14.5. The van der Waals surface area contributed by atoms with Crippen molar-refractivity contribution in [2.45, 2.75) is 70.1 Å². The van der Waals surface area contributed by atoms with Crippen molar-refractivity contribution in [3.8, 4) is 5.75 Å². The number of nitrogens with zero attached hydrogens (tertiary/aromatic N) is 4. The number of ketones is 2. The zero-order valence-electron chi connectivity index (χ0n) is 31.6. The van der Waals surface area contributed by atoms with Gasteiger partial charge in [-0.05, 0) is 101 Å². The number of para-hydroxylation sites is 1. The first-order valence-corrected chi connectivity index (χ1v) is 19.2. The highest BCUT2D eigenvalue weighted by Crippen LogP contribution is 2.53. The van der Waals surface area contributed by atoms with Crippen LogP contribution in [-0.2, 0) is 47.7 Å². The Morgan fingerprint density at radius 1 is 0.904 bits per heavy atom. The summed E-state index contributed by atoms with van der Waals surface area (Å²) < 4.78 is 16.7. The van der Waals surface area contributed by atoms with Crippen molar-refractivity contribution in [1.29, 1.82) is 0 Å². The van der Waals surface area contributed by atoms with Crippen LogP contribution in [0.4, 0.5) is 0 Å². The van der Waals surface area contributed by atoms with Gasteiger partial charge in [0.15, 0.2) is 5.78 Å². The summed E-state index contributed by atoms with van der Waals surface area (Å²) in [5.41, 5.74) is 9.71. The fourth-order valence-electron chi connectivity index (χ4n) is 12.0. The number of methoxy groups -OCH3 is 1. The van der Waals surface area contributed by atoms with Gasteiger partial charge >= 0.3 is 0 Å². The maximum Gasteiger partial charge on any atom is 0.159 e. The molecule has 9 atom stereocenters. The number of rotatable bonds is 7. The van der Waals surface area contributed by atoms with Gasteiger partial charge in [-0.15, -0.1) is 0 Å². The first-order valence-electron chi connectivity index (χ1n) is 19.2. The molecular formula is C43H52N4O5. The summed E-state index contributed by atoms with van der Waals surface area (Å²) in [6, 6.07) is 13.9. The number of ether oxygens (including phenoxy) is 2. The number of carbonyl (C=O) groups is 2. The summed E-state index contributed by atoms with van der Waals surface area (Å²) in [7, 11) is 10.5. The fraction of sp³-hybridized carbons (Fsp3) is 0.535. The van der Waals surface area contributed by atoms with Crippen LogP contribution < -0.4 is 4.74 Å². The highest BCUT2D eigenvalue weighted by molar-refractivity contribution is 5.94. The zero-order chi connectivity index (χ0) is 36.3. The zero-order valence-corrected chi connectivity index (χ0v) is 31.6. The van der Waals surface area contributed by atoms with Crippen LogP contribution in [0.3, 0.4) is 0 Å². The Balaban J connectivity index is 1.10. The average molecular weight is 705 g/mol. The number of fused-ring (bicyclic) bond motifs is 14. The minimum Gasteiger partial charge on any atom is -0.500 e. The van der Waals surface area contributed by atoms with Gasteiger partial charge in [0, 0.05) is 89.9 Å². The predicted molar refractivity (Wildman–Crippen MR) is 201 cm³/mol. The number of likely N-dealkylation sites (N-methyl/N-ethyl adjacent to an activating group) is 2. The Hall–Kier alpha value is -3.92. The number of allylic oxidation sites excluding steroid dienone is 1. The van der Waals surface area contributed by atoms with Crippen molar-refractivity contribution in [3.63, 3.8) is 0 Å². The van der Waals surface area contributed by atoms with Crippen LogP contribution in [0.25, 0.3) is 21.8 Å². The Labute approximate surface area is 306 Å². The van der Waals surface area contributed by atoms with E-state index in [1.165, 1.54) is 38.8 Å². The molecule has 2 aromatic carbocycles. The first kappa shape index (κ1) is 33.9. The lowest BCUT2D eigenvalue weighted by atomic mass is 9.64. The molecule has 0 radical (unpaired) electrons. The topological polar surface area (TPSA) is 89.2 Å². The van der Waals surface area contributed by atoms with E-state index < -0.39 is 0 Å². The van der Waals surface area contributed by atoms with Crippen molar-refractivity contribution in [1.82, 2.24) is 18.9 Å². The standard InChI is InChI=1S/C43H52N4O5/c1-22(49)26(27-14-39-42-30(16-36(44(39)3)32(27)19-48)25-10-8-9-11-35(25)46(42)5)12-24-13-29-31-17-37-34-21-52-20-33(23(2)50)28(34)15-40(45(37)4)43(31)47(6)38(29)18-41(24)51-7/h8-11,13,18,20,26-28,32,34,36-37,39-40,48H,12,14-17,19,21H2,1-7H3/t26?,27-,28-,32+,34+,36-,37-,39-,40-/m0/s1. The van der Waals surface area contributed by atoms with E-state index in [1.54, 1.807) is 27.2 Å². The van der Waals surface area contributed by atoms with E-state index in [0.29, 0.717) is 13.0 Å². The van der Waals surface area contributed by atoms with Crippen LogP contribution in [0.15, 0.2) is 48.2 Å². The summed E-state index contributed by atoms with van der Waals surface area (Å²) in [6.45, 7) is 4.10. The number of aromatic nitrogens is 2. The van der Waals surface area contributed by atoms with Gasteiger partial charge in [-0.2, -0.15) is 0 Å². The Kier molecular flexibility index (Phi) is 8.03. The molecule has 52 heavy (non-hydrogen) atoms. The number of aliphatic hydroxyl groups is 1. The minimum atomic E-state index is -0.250. The first-order chi connectivity index (χ1) is 25.0. The van der Waals surface area contributed by atoms with Crippen molar-refractivity contribution in [3.05, 3.63) is 76.3 Å². The number of benzene rings is 2. The van der Waals surface area contributed by atoms with Crippen molar-refractivity contribution in [2.24, 2.45) is 43.7 Å². The number of hydrogen-bond acceptors (Lipinski definition) is 7. The third kappa shape index (κ3) is 4.70. The molecule has 9 heteroatoms. The average Bonchev–Trinajstić information content (AvgIpc) is 3.55. The molecule has 0 amide bonds. The van der Waals surface area contributed by atoms with E-state index in [0.717, 1.165) is 48.1 Å². The second kappa shape index (κ2) is 12.3. The van der Waals surface area contributed by atoms with Crippen LogP contribution in [0.1, 0.15) is 66.9 Å². The van der Waals surface area contributed by atoms with Crippen molar-refractivity contribution < 1.29 is 24.2 Å². The van der Waals surface area contributed by atoms with Gasteiger partial charge in [-0.3, -0.25) is 19.4 Å². The Bertz CT molecular complexity index is 2160. The Morgan fingerprint density at radius 3 is 2.29 bits per heavy atom. The largest absolute Gasteiger partial charge is 0.500 e. The van der Waals surface area contributed by atoms with Gasteiger partial charge in [-0.25, -0.2) is 0 Å². The second-order valence-corrected chi connectivity index (χ2v) is 16.6. The summed E-state index contributed by atoms with van der Waals surface area (Å²) in [5, 5.41) is 13.6. The summed E-state index contributed by atoms with van der Waals surface area (Å²) in [4.78, 5) is 31.5. The van der Waals surface area contributed by atoms with E-state index in [2.05, 4.69) is 83.5 Å². The quantitative estimate of drug-likeness (QED) is 0.265. The molecule has 9 nitrogen and oxygen atoms in total. The normalized spacial score (nSPS) is 30.3. The monoisotopic (exact) mass is 704 g/mol. The van der Waals surface area contributed by atoms with E-state index in [9.17, 15) is 14.7 Å². The van der Waals surface area contributed by atoms with Gasteiger partial charge < -0.3 is 23.7 Å². The lowest BCUT2D eigenvalue weighted by molar-refractivity contribution is -0.126. The molecule has 4 aromatic rings. The molecule has 9 rings (SSSR count). The number of aliphatic hydroxyl groups excluding tert-OH is 1. The number of Topliss-reactive ketones (excluding diaryl/α,β-unsaturated/α-hetero) is 2. The smallest absolute Gasteiger partial charge is 0.159 e. The van der Waals surface area contributed by atoms with Gasteiger partial charge in [0.05, 0.1) is 37.6 Å². The molecule has 2 fully saturated rings. The van der Waals surface area contributed by atoms with Crippen molar-refractivity contribution >= 4 is 33.4 Å². The molecule has 2 aromatic heterocycles. The molecule has 1 N–H and O–H groups in total. The highest BCUT2D eigenvalue weighted by Gasteiger charge is 2.52. The van der Waals surface area contributed by atoms with Crippen LogP contribution in [0.2, 0.25) is 0 Å². The van der Waals surface area contributed by atoms with Crippen LogP contribution in [-0.4, -0.2) is 82.1 Å². The molecule has 0 spiro atoms. The lowest BCUT2D eigenvalue weighted by Gasteiger charge is -2.53. The fourth-order valence-corrected chi connectivity index (χ4v) is 12.0. The van der Waals surface area contributed by atoms with E-state index >= 15 is 0 Å². The molecule has 7 heterocycles. The molecule has 274 valence electrons. The maximum atomic E-state index is 13.8. The molecular weight excluding hydrogens is 652 g/mol. The van der Waals surface area contributed by atoms with Gasteiger partial charge in [0.2, 0.25) is 0 Å². The number of piperidine rings is 2. The summed E-state index contributed by atoms with van der Waals surface area (Å²) in [6.07, 6.45) is 5.75. The molecule has 5 aliphatic heterocycles. The van der Waals surface area contributed by atoms with Crippen molar-refractivity contribution in [2.75, 3.05) is 34.4 Å². The van der Waals surface area contributed by atoms with Crippen LogP contribution in [0, 0.1) is 29.6 Å². The van der Waals surface area contributed by atoms with E-state index in [1.807, 2.05) is 0 Å². The predicted octanol–water partition coefficient (Wildman–Crippen LogP) is 5.69. The summed E-state index contributed by atoms with van der Waals surface area (Å²) >= 11 is 0. The molecule has 0 saturated carbocycles. The van der Waals surface area contributed by atoms with E-state index in [-0.39, 0.29) is 71.9 Å².